The number of aryl methyl sites for hydroxylation is 2. The number of pyridine rings is 1. The van der Waals surface area contributed by atoms with E-state index in [1.807, 2.05) is 6.07 Å². The Morgan fingerprint density at radius 1 is 0.700 bits per heavy atom. The minimum atomic E-state index is -4.91. The number of rotatable bonds is 20. The zero-order chi connectivity index (χ0) is 58.4. The second-order valence-electron chi connectivity index (χ2n) is 17.3. The Labute approximate surface area is 462 Å². The Bertz CT molecular complexity index is 4640. The van der Waals surface area contributed by atoms with Gasteiger partial charge in [-0.1, -0.05) is 17.4 Å². The number of aliphatic hydroxyl groups is 1. The standard InChI is InChI=1S/C45H40N10O18S7/c1-22-14-33(51-53-39-24(3)28(20-46)43-47-30-8-9-37(79(67,68)69)29(21-56)41(30)55(43)44(39)57)35(73-10-4-12-76(58,59)60)18-31(22)49-52-34-15-23(2)32(19-36(34)74-11-5-13-77(61,62)63)50-54-45-48-40-38(80(70,71)72)16-25-6-7-26(78(64,65)66)17-27(25)42(40)75-45/h6-9,14-19,56-57H,4-5,10-13,21H2,1-3H3,(H,58,59,60)(H,61,62,63)(H,64,65,66)(H,67,68,69)(H,70,71,72). The molecule has 0 spiro atoms. The normalized spacial score (nSPS) is 13.1. The molecule has 0 fully saturated rings. The van der Waals surface area contributed by atoms with Crippen LogP contribution >= 0.6 is 23.1 Å². The van der Waals surface area contributed by atoms with Gasteiger partial charge in [-0.25, -0.2) is 9.97 Å². The topological polar surface area (TPSA) is 450 Å². The number of benzene rings is 5. The fraction of sp³-hybridized carbons (Fsp3) is 0.222. The number of aromatic hydroxyl groups is 1. The first-order valence-electron chi connectivity index (χ1n) is 22.6. The highest BCUT2D eigenvalue weighted by Crippen LogP contribution is 2.45. The molecule has 0 radical (unpaired) electrons. The maximum absolute atomic E-state index is 12.5. The molecule has 0 saturated carbocycles. The van der Waals surface area contributed by atoms with E-state index >= 15 is 0 Å². The number of nitriles is 1. The van der Waals surface area contributed by atoms with E-state index in [4.69, 9.17) is 4.74 Å². The number of imidazole rings is 1. The third-order valence-corrected chi connectivity index (χ3v) is 18.1. The lowest BCUT2D eigenvalue weighted by atomic mass is 10.1. The summed E-state index contributed by atoms with van der Waals surface area (Å²) in [6.07, 6.45) is -0.233. The van der Waals surface area contributed by atoms with E-state index in [2.05, 4.69) is 40.7 Å². The molecule has 0 aliphatic carbocycles. The van der Waals surface area contributed by atoms with Crippen molar-refractivity contribution >= 4 is 145 Å². The smallest absolute Gasteiger partial charge is 0.296 e. The first-order valence-corrected chi connectivity index (χ1v) is 31.9. The van der Waals surface area contributed by atoms with Crippen molar-refractivity contribution in [1.82, 2.24) is 14.4 Å². The minimum absolute atomic E-state index is 0.0200. The number of nitrogens with zero attached hydrogens (tertiary/aromatic N) is 10. The summed E-state index contributed by atoms with van der Waals surface area (Å²) in [7, 11) is -23.2. The van der Waals surface area contributed by atoms with Crippen LogP contribution in [-0.2, 0) is 57.2 Å². The molecular weight excluding hydrogens is 1190 g/mol. The van der Waals surface area contributed by atoms with Crippen molar-refractivity contribution in [1.29, 1.82) is 5.26 Å². The number of thioether (sulfide) groups is 1. The molecule has 8 rings (SSSR count). The molecule has 0 amide bonds. The van der Waals surface area contributed by atoms with E-state index in [-0.39, 0.29) is 119 Å². The predicted molar refractivity (Wildman–Crippen MR) is 289 cm³/mol. The highest BCUT2D eigenvalue weighted by molar-refractivity contribution is 7.99. The fourth-order valence-corrected chi connectivity index (χ4v) is 13.0. The van der Waals surface area contributed by atoms with Gasteiger partial charge in [0.1, 0.15) is 38.4 Å². The van der Waals surface area contributed by atoms with Gasteiger partial charge in [0.2, 0.25) is 11.0 Å². The van der Waals surface area contributed by atoms with Crippen molar-refractivity contribution in [2.24, 2.45) is 30.7 Å². The molecule has 420 valence electrons. The lowest BCUT2D eigenvalue weighted by Crippen LogP contribution is -2.08. The third kappa shape index (κ3) is 12.9. The summed E-state index contributed by atoms with van der Waals surface area (Å²) in [5.41, 5.74) is -0.0554. The molecule has 0 saturated heterocycles. The van der Waals surface area contributed by atoms with Crippen molar-refractivity contribution in [3.8, 4) is 17.7 Å². The molecular formula is C45H40N10O18S7. The van der Waals surface area contributed by atoms with Gasteiger partial charge in [-0.15, -0.1) is 37.3 Å². The summed E-state index contributed by atoms with van der Waals surface area (Å²) in [5, 5.41) is 58.4. The zero-order valence-electron chi connectivity index (χ0n) is 41.2. The summed E-state index contributed by atoms with van der Waals surface area (Å²) < 4.78 is 175. The molecule has 7 N–H and O–H groups in total. The Hall–Kier alpha value is -7.05. The summed E-state index contributed by atoms with van der Waals surface area (Å²) in [5.74, 6) is -1.96. The average Bonchev–Trinajstić information content (AvgIpc) is 4.04. The number of hydrogen-bond acceptors (Lipinski definition) is 24. The zero-order valence-corrected chi connectivity index (χ0v) is 46.9. The van der Waals surface area contributed by atoms with Crippen molar-refractivity contribution in [2.75, 3.05) is 23.9 Å². The molecule has 0 aliphatic rings. The quantitative estimate of drug-likeness (QED) is 0.0162. The van der Waals surface area contributed by atoms with Crippen LogP contribution in [0.25, 0.3) is 37.7 Å². The van der Waals surface area contributed by atoms with Gasteiger partial charge in [0.15, 0.2) is 11.3 Å². The molecule has 80 heavy (non-hydrogen) atoms. The van der Waals surface area contributed by atoms with Crippen LogP contribution in [0.2, 0.25) is 0 Å². The monoisotopic (exact) mass is 1230 g/mol. The van der Waals surface area contributed by atoms with Gasteiger partial charge in [0.25, 0.3) is 50.6 Å². The van der Waals surface area contributed by atoms with Gasteiger partial charge in [-0.05, 0) is 104 Å². The van der Waals surface area contributed by atoms with Crippen LogP contribution < -0.4 is 4.74 Å². The number of aliphatic hydroxyl groups excluding tert-OH is 1. The van der Waals surface area contributed by atoms with Gasteiger partial charge in [-0.3, -0.25) is 27.2 Å². The summed E-state index contributed by atoms with van der Waals surface area (Å²) in [6.45, 7) is 3.37. The highest BCUT2D eigenvalue weighted by Gasteiger charge is 2.27. The van der Waals surface area contributed by atoms with Crippen molar-refractivity contribution in [3.63, 3.8) is 0 Å². The maximum Gasteiger partial charge on any atom is 0.296 e. The average molecular weight is 1230 g/mol. The van der Waals surface area contributed by atoms with Crippen LogP contribution in [-0.4, -0.2) is 113 Å². The molecule has 28 nitrogen and oxygen atoms in total. The second kappa shape index (κ2) is 22.5. The lowest BCUT2D eigenvalue weighted by molar-refractivity contribution is 0.279. The van der Waals surface area contributed by atoms with Crippen LogP contribution in [0.4, 0.5) is 33.6 Å². The van der Waals surface area contributed by atoms with Crippen LogP contribution in [0.5, 0.6) is 11.6 Å². The Balaban J connectivity index is 1.19. The van der Waals surface area contributed by atoms with Gasteiger partial charge in [0, 0.05) is 27.5 Å². The summed E-state index contributed by atoms with van der Waals surface area (Å²) in [6, 6.07) is 14.5. The van der Waals surface area contributed by atoms with Crippen molar-refractivity contribution in [2.45, 2.75) is 59.8 Å². The number of azo groups is 3. The summed E-state index contributed by atoms with van der Waals surface area (Å²) >= 11 is 1.89. The van der Waals surface area contributed by atoms with Crippen LogP contribution in [0, 0.1) is 32.1 Å². The lowest BCUT2D eigenvalue weighted by Gasteiger charge is -2.13. The summed E-state index contributed by atoms with van der Waals surface area (Å²) in [4.78, 5) is 7.17. The van der Waals surface area contributed by atoms with E-state index in [0.29, 0.717) is 16.0 Å². The Kier molecular flexibility index (Phi) is 16.6. The van der Waals surface area contributed by atoms with E-state index in [1.54, 1.807) is 19.9 Å². The Morgan fingerprint density at radius 2 is 1.32 bits per heavy atom. The number of hydrogen-bond donors (Lipinski definition) is 7. The fourth-order valence-electron chi connectivity index (χ4n) is 8.00. The number of fused-ring (bicyclic) bond motifs is 6. The van der Waals surface area contributed by atoms with Crippen LogP contribution in [0.1, 0.15) is 40.7 Å². The molecule has 3 heterocycles. The van der Waals surface area contributed by atoms with E-state index in [9.17, 15) is 80.3 Å². The van der Waals surface area contributed by atoms with Crippen LogP contribution in [0.3, 0.4) is 0 Å². The largest absolute Gasteiger partial charge is 0.493 e. The first kappa shape index (κ1) is 59.1. The predicted octanol–water partition coefficient (Wildman–Crippen LogP) is 9.26. The van der Waals surface area contributed by atoms with Gasteiger partial charge in [0.05, 0.1) is 62.4 Å². The number of aromatic nitrogens is 3. The molecule has 3 aromatic heterocycles. The van der Waals surface area contributed by atoms with Crippen molar-refractivity contribution < 1.29 is 79.8 Å². The van der Waals surface area contributed by atoms with Gasteiger partial charge in [-0.2, -0.15) is 52.5 Å². The van der Waals surface area contributed by atoms with Crippen molar-refractivity contribution in [3.05, 3.63) is 88.5 Å². The third-order valence-electron chi connectivity index (χ3n) is 11.7. The second-order valence-corrected chi connectivity index (χ2v) is 26.7. The van der Waals surface area contributed by atoms with Gasteiger partial charge >= 0.3 is 0 Å². The SMILES string of the molecule is Cc1cc(N=Nc2cc(OCCCS(=O)(=O)O)c(N=Nc3c(C)c(C#N)c4nc5ccc(S(=O)(=O)O)c(CO)c5n4c3O)cc2C)c(SCCCS(=O)(=O)O)cc1N=Nc1nc2c(S(=O)(=O)O)cc3ccc(S(=O)(=O)O)cc3c2s1. The minimum Gasteiger partial charge on any atom is -0.493 e. The Morgan fingerprint density at radius 3 is 1.96 bits per heavy atom. The van der Waals surface area contributed by atoms with Gasteiger partial charge < -0.3 is 14.9 Å². The molecule has 35 heteroatoms. The highest BCUT2D eigenvalue weighted by atomic mass is 32.2. The first-order chi connectivity index (χ1) is 37.4. The van der Waals surface area contributed by atoms with E-state index < -0.39 is 89.3 Å². The molecule has 0 atom stereocenters. The number of ether oxygens (including phenoxy) is 1. The maximum atomic E-state index is 12.5. The molecule has 0 aliphatic heterocycles. The molecule has 0 unspecified atom stereocenters. The van der Waals surface area contributed by atoms with E-state index in [1.165, 1.54) is 37.3 Å². The molecule has 5 aromatic carbocycles. The van der Waals surface area contributed by atoms with E-state index in [0.717, 1.165) is 51.8 Å². The molecule has 8 aromatic rings. The van der Waals surface area contributed by atoms with Crippen LogP contribution in [0.15, 0.2) is 111 Å². The molecule has 0 bridgehead atoms. The number of thiazole rings is 1.